The second-order valence-corrected chi connectivity index (χ2v) is 7.56. The number of alkyl carbamates (subject to hydrolysis) is 1. The Kier molecular flexibility index (Phi) is 8.40. The minimum absolute atomic E-state index is 0.0135. The molecule has 0 radical (unpaired) electrons. The smallest absolute Gasteiger partial charge is 0.408 e. The number of ketones is 2. The zero-order valence-electron chi connectivity index (χ0n) is 17.0. The van der Waals surface area contributed by atoms with Crippen LogP contribution in [0, 0.1) is 13.8 Å². The molecule has 2 aromatic rings. The van der Waals surface area contributed by atoms with Gasteiger partial charge in [0, 0.05) is 17.9 Å². The summed E-state index contributed by atoms with van der Waals surface area (Å²) in [5, 5.41) is 3.19. The van der Waals surface area contributed by atoms with Gasteiger partial charge in [-0.2, -0.15) is 0 Å². The van der Waals surface area contributed by atoms with E-state index in [2.05, 4.69) is 5.32 Å². The zero-order chi connectivity index (χ0) is 21.4. The summed E-state index contributed by atoms with van der Waals surface area (Å²) >= 11 is 6.19. The van der Waals surface area contributed by atoms with Gasteiger partial charge >= 0.3 is 6.09 Å². The summed E-state index contributed by atoms with van der Waals surface area (Å²) in [6, 6.07) is 12.3. The first-order valence-electron chi connectivity index (χ1n) is 9.51. The number of hydrogen-bond donors (Lipinski definition) is 1. The average Bonchev–Trinajstić information content (AvgIpc) is 2.68. The third kappa shape index (κ3) is 7.35. The van der Waals surface area contributed by atoms with Crippen LogP contribution >= 0.6 is 11.6 Å². The number of hydrogen-bond acceptors (Lipinski definition) is 4. The molecule has 2 rings (SSSR count). The van der Waals surface area contributed by atoms with Crippen molar-refractivity contribution in [1.82, 2.24) is 5.32 Å². The molecule has 0 heterocycles. The van der Waals surface area contributed by atoms with E-state index in [-0.39, 0.29) is 37.4 Å². The molecule has 154 valence electrons. The van der Waals surface area contributed by atoms with Crippen LogP contribution in [0.25, 0.3) is 0 Å². The fraction of sp³-hybridized carbons (Fsp3) is 0.348. The fourth-order valence-corrected chi connectivity index (χ4v) is 3.25. The highest BCUT2D eigenvalue weighted by Crippen LogP contribution is 2.22. The Bertz CT molecular complexity index is 880. The van der Waals surface area contributed by atoms with E-state index in [9.17, 15) is 14.4 Å². The van der Waals surface area contributed by atoms with Gasteiger partial charge in [0.05, 0.1) is 6.04 Å². The van der Waals surface area contributed by atoms with Crippen LogP contribution in [0.3, 0.4) is 0 Å². The van der Waals surface area contributed by atoms with E-state index in [0.717, 1.165) is 22.3 Å². The van der Waals surface area contributed by atoms with Crippen molar-refractivity contribution in [2.45, 2.75) is 52.7 Å². The van der Waals surface area contributed by atoms with Gasteiger partial charge in [0.1, 0.15) is 12.4 Å². The van der Waals surface area contributed by atoms with Gasteiger partial charge in [-0.3, -0.25) is 9.59 Å². The van der Waals surface area contributed by atoms with Crippen molar-refractivity contribution in [3.8, 4) is 0 Å². The van der Waals surface area contributed by atoms with E-state index < -0.39 is 12.1 Å². The third-order valence-corrected chi connectivity index (χ3v) is 5.08. The molecule has 0 saturated carbocycles. The summed E-state index contributed by atoms with van der Waals surface area (Å²) < 4.78 is 5.15. The second kappa shape index (κ2) is 10.8. The molecule has 0 aliphatic carbocycles. The van der Waals surface area contributed by atoms with Crippen LogP contribution in [0.5, 0.6) is 0 Å². The lowest BCUT2D eigenvalue weighted by Crippen LogP contribution is -2.40. The highest BCUT2D eigenvalue weighted by Gasteiger charge is 2.20. The molecule has 1 atom stereocenters. The van der Waals surface area contributed by atoms with Gasteiger partial charge in [0.15, 0.2) is 5.78 Å². The molecule has 6 heteroatoms. The molecule has 0 aliphatic heterocycles. The van der Waals surface area contributed by atoms with Gasteiger partial charge in [0.2, 0.25) is 0 Å². The Morgan fingerprint density at radius 3 is 2.45 bits per heavy atom. The highest BCUT2D eigenvalue weighted by molar-refractivity contribution is 6.31. The standard InChI is InChI=1S/C23H26ClNO4/c1-15-11-19(16(2)21(24)12-15)13-20(27)9-10-22(17(3)26)25-23(28)29-14-18-7-5-4-6-8-18/h4-8,11-12,22H,9-10,13-14H2,1-3H3,(H,25,28)/t22-/m0/s1. The van der Waals surface area contributed by atoms with Crippen LogP contribution < -0.4 is 5.32 Å². The Hall–Kier alpha value is -2.66. The number of ether oxygens (including phenoxy) is 1. The lowest BCUT2D eigenvalue weighted by atomic mass is 9.97. The van der Waals surface area contributed by atoms with Gasteiger partial charge in [0.25, 0.3) is 0 Å². The van der Waals surface area contributed by atoms with E-state index >= 15 is 0 Å². The topological polar surface area (TPSA) is 72.5 Å². The first-order valence-corrected chi connectivity index (χ1v) is 9.89. The molecule has 0 aliphatic rings. The Morgan fingerprint density at radius 1 is 1.10 bits per heavy atom. The number of nitrogens with one attached hydrogen (secondary N) is 1. The van der Waals surface area contributed by atoms with Crippen molar-refractivity contribution >= 4 is 29.3 Å². The summed E-state index contributed by atoms with van der Waals surface area (Å²) in [5.74, 6) is -0.232. The predicted octanol–water partition coefficient (Wildman–Crippen LogP) is 4.73. The minimum Gasteiger partial charge on any atom is -0.445 e. The quantitative estimate of drug-likeness (QED) is 0.642. The molecule has 0 unspecified atom stereocenters. The van der Waals surface area contributed by atoms with Crippen molar-refractivity contribution < 1.29 is 19.1 Å². The highest BCUT2D eigenvalue weighted by atomic mass is 35.5. The fourth-order valence-electron chi connectivity index (χ4n) is 2.96. The van der Waals surface area contributed by atoms with E-state index in [1.54, 1.807) is 0 Å². The summed E-state index contributed by atoms with van der Waals surface area (Å²) in [7, 11) is 0. The van der Waals surface area contributed by atoms with Crippen LogP contribution in [-0.2, 0) is 27.4 Å². The maximum atomic E-state index is 12.4. The molecule has 0 spiro atoms. The summed E-state index contributed by atoms with van der Waals surface area (Å²) in [6.45, 7) is 5.31. The number of carbonyl (C=O) groups excluding carboxylic acids is 3. The van der Waals surface area contributed by atoms with E-state index in [1.807, 2.05) is 56.3 Å². The number of carbonyl (C=O) groups is 3. The second-order valence-electron chi connectivity index (χ2n) is 7.15. The van der Waals surface area contributed by atoms with E-state index in [0.29, 0.717) is 5.02 Å². The molecule has 5 nitrogen and oxygen atoms in total. The number of Topliss-reactive ketones (excluding diaryl/α,β-unsaturated/α-hetero) is 2. The van der Waals surface area contributed by atoms with Crippen LogP contribution in [0.4, 0.5) is 4.79 Å². The van der Waals surface area contributed by atoms with Gasteiger partial charge in [-0.05, 0) is 55.5 Å². The Morgan fingerprint density at radius 2 is 1.79 bits per heavy atom. The molecule has 0 saturated heterocycles. The molecule has 0 fully saturated rings. The summed E-state index contributed by atoms with van der Waals surface area (Å²) in [6.07, 6.45) is -0.0274. The van der Waals surface area contributed by atoms with Crippen LogP contribution in [0.1, 0.15) is 42.0 Å². The minimum atomic E-state index is -0.760. The molecular weight excluding hydrogens is 390 g/mol. The van der Waals surface area contributed by atoms with Crippen molar-refractivity contribution in [3.05, 3.63) is 69.7 Å². The normalized spacial score (nSPS) is 11.6. The predicted molar refractivity (Wildman–Crippen MR) is 113 cm³/mol. The largest absolute Gasteiger partial charge is 0.445 e. The van der Waals surface area contributed by atoms with Crippen molar-refractivity contribution in [3.63, 3.8) is 0 Å². The zero-order valence-corrected chi connectivity index (χ0v) is 17.7. The first-order chi connectivity index (χ1) is 13.8. The molecule has 1 amide bonds. The van der Waals surface area contributed by atoms with Gasteiger partial charge in [-0.15, -0.1) is 0 Å². The Balaban J connectivity index is 1.86. The number of rotatable bonds is 9. The third-order valence-electron chi connectivity index (χ3n) is 4.69. The number of halogens is 1. The maximum absolute atomic E-state index is 12.4. The average molecular weight is 416 g/mol. The molecule has 1 N–H and O–H groups in total. The SMILES string of the molecule is CC(=O)[C@H](CCC(=O)Cc1cc(C)cc(Cl)c1C)NC(=O)OCc1ccccc1. The maximum Gasteiger partial charge on any atom is 0.408 e. The lowest BCUT2D eigenvalue weighted by molar-refractivity contribution is -0.120. The molecular formula is C23H26ClNO4. The summed E-state index contributed by atoms with van der Waals surface area (Å²) in [4.78, 5) is 36.3. The van der Waals surface area contributed by atoms with E-state index in [1.165, 1.54) is 6.92 Å². The Labute approximate surface area is 176 Å². The van der Waals surface area contributed by atoms with Crippen LogP contribution in [0.2, 0.25) is 5.02 Å². The number of benzene rings is 2. The molecule has 0 aromatic heterocycles. The summed E-state index contributed by atoms with van der Waals surface area (Å²) in [5.41, 5.74) is 3.61. The van der Waals surface area contributed by atoms with Gasteiger partial charge < -0.3 is 10.1 Å². The van der Waals surface area contributed by atoms with Crippen LogP contribution in [0.15, 0.2) is 42.5 Å². The number of aryl methyl sites for hydroxylation is 1. The van der Waals surface area contributed by atoms with Crippen LogP contribution in [-0.4, -0.2) is 23.7 Å². The molecule has 0 bridgehead atoms. The van der Waals surface area contributed by atoms with E-state index in [4.69, 9.17) is 16.3 Å². The van der Waals surface area contributed by atoms with Gasteiger partial charge in [-0.1, -0.05) is 48.0 Å². The molecule has 2 aromatic carbocycles. The van der Waals surface area contributed by atoms with Crippen molar-refractivity contribution in [1.29, 1.82) is 0 Å². The first kappa shape index (κ1) is 22.6. The van der Waals surface area contributed by atoms with Crippen molar-refractivity contribution in [2.24, 2.45) is 0 Å². The lowest BCUT2D eigenvalue weighted by Gasteiger charge is -2.16. The monoisotopic (exact) mass is 415 g/mol. The molecule has 29 heavy (non-hydrogen) atoms. The number of amides is 1. The van der Waals surface area contributed by atoms with Gasteiger partial charge in [-0.25, -0.2) is 4.79 Å². The van der Waals surface area contributed by atoms with Crippen molar-refractivity contribution in [2.75, 3.05) is 0 Å².